The Hall–Kier alpha value is -1.86. The maximum Gasteiger partial charge on any atom is 0.410 e. The van der Waals surface area contributed by atoms with E-state index in [1.165, 1.54) is 6.07 Å². The number of aliphatic hydroxyl groups is 1. The maximum absolute atomic E-state index is 15.0. The first-order valence-corrected chi connectivity index (χ1v) is 12.3. The van der Waals surface area contributed by atoms with E-state index < -0.39 is 29.2 Å². The van der Waals surface area contributed by atoms with Crippen molar-refractivity contribution in [2.75, 3.05) is 26.9 Å². The molecule has 33 heavy (non-hydrogen) atoms. The predicted octanol–water partition coefficient (Wildman–Crippen LogP) is 5.41. The molecule has 1 heterocycles. The van der Waals surface area contributed by atoms with E-state index in [-0.39, 0.29) is 5.75 Å². The van der Waals surface area contributed by atoms with Gasteiger partial charge in [-0.05, 0) is 84.1 Å². The maximum atomic E-state index is 15.0. The van der Waals surface area contributed by atoms with Crippen LogP contribution in [0.5, 0.6) is 5.75 Å². The highest BCUT2D eigenvalue weighted by atomic mass is 19.1. The molecule has 1 N–H and O–H groups in total. The summed E-state index contributed by atoms with van der Waals surface area (Å²) in [4.78, 5) is 14.8. The lowest BCUT2D eigenvalue weighted by Gasteiger charge is -2.46. The third-order valence-corrected chi connectivity index (χ3v) is 6.43. The minimum absolute atomic E-state index is 0.105. The van der Waals surface area contributed by atoms with Gasteiger partial charge in [-0.15, -0.1) is 0 Å². The molecular weight excluding hydrogens is 425 g/mol. The molecule has 2 atom stereocenters. The summed E-state index contributed by atoms with van der Waals surface area (Å²) in [5.41, 5.74) is -1.69. The third-order valence-electron chi connectivity index (χ3n) is 6.43. The van der Waals surface area contributed by atoms with Crippen LogP contribution in [0, 0.1) is 11.7 Å². The molecule has 1 saturated heterocycles. The van der Waals surface area contributed by atoms with Crippen molar-refractivity contribution in [3.63, 3.8) is 0 Å². The van der Waals surface area contributed by atoms with Crippen molar-refractivity contribution < 1.29 is 28.5 Å². The van der Waals surface area contributed by atoms with Gasteiger partial charge in [0.25, 0.3) is 0 Å². The van der Waals surface area contributed by atoms with Crippen LogP contribution in [-0.2, 0) is 15.1 Å². The normalized spacial score (nSPS) is 20.9. The van der Waals surface area contributed by atoms with Gasteiger partial charge in [0.1, 0.15) is 11.2 Å². The number of hydrogen-bond donors (Lipinski definition) is 1. The van der Waals surface area contributed by atoms with E-state index in [4.69, 9.17) is 14.2 Å². The summed E-state index contributed by atoms with van der Waals surface area (Å²) in [7, 11) is 1.65. The van der Waals surface area contributed by atoms with Crippen LogP contribution in [0.15, 0.2) is 18.2 Å². The quantitative estimate of drug-likeness (QED) is 0.468. The lowest BCUT2D eigenvalue weighted by Crippen LogP contribution is -2.56. The molecule has 2 aliphatic rings. The lowest BCUT2D eigenvalue weighted by atomic mass is 9.77. The highest BCUT2D eigenvalue weighted by Gasteiger charge is 2.47. The molecule has 0 radical (unpaired) electrons. The molecule has 7 heteroatoms. The zero-order valence-electron chi connectivity index (χ0n) is 20.6. The van der Waals surface area contributed by atoms with Gasteiger partial charge in [0.2, 0.25) is 0 Å². The number of carbonyl (C=O) groups excluding carboxylic acids is 1. The van der Waals surface area contributed by atoms with E-state index in [9.17, 15) is 14.3 Å². The number of benzene rings is 1. The van der Waals surface area contributed by atoms with Gasteiger partial charge >= 0.3 is 6.09 Å². The van der Waals surface area contributed by atoms with E-state index in [2.05, 4.69) is 0 Å². The number of amides is 1. The van der Waals surface area contributed by atoms with E-state index >= 15 is 0 Å². The van der Waals surface area contributed by atoms with Gasteiger partial charge in [-0.25, -0.2) is 9.18 Å². The fraction of sp³-hybridized carbons (Fsp3) is 0.731. The lowest BCUT2D eigenvalue weighted by molar-refractivity contribution is -0.0807. The predicted molar refractivity (Wildman–Crippen MR) is 125 cm³/mol. The molecule has 3 rings (SSSR count). The molecule has 1 aliphatic heterocycles. The summed E-state index contributed by atoms with van der Waals surface area (Å²) < 4.78 is 31.8. The summed E-state index contributed by atoms with van der Waals surface area (Å²) in [6.07, 6.45) is 5.83. The highest BCUT2D eigenvalue weighted by Crippen LogP contribution is 2.44. The number of likely N-dealkylation sites (tertiary alicyclic amines) is 1. The Morgan fingerprint density at radius 3 is 2.61 bits per heavy atom. The molecule has 0 aromatic heterocycles. The Labute approximate surface area is 197 Å². The molecule has 1 amide bonds. The van der Waals surface area contributed by atoms with Crippen molar-refractivity contribution in [3.05, 3.63) is 29.6 Å². The fourth-order valence-corrected chi connectivity index (χ4v) is 4.57. The van der Waals surface area contributed by atoms with Crippen molar-refractivity contribution in [3.8, 4) is 5.75 Å². The number of hydrogen-bond acceptors (Lipinski definition) is 5. The van der Waals surface area contributed by atoms with Crippen LogP contribution in [0.2, 0.25) is 0 Å². The van der Waals surface area contributed by atoms with Gasteiger partial charge in [-0.2, -0.15) is 0 Å². The summed E-state index contributed by atoms with van der Waals surface area (Å²) in [6, 6.07) is 4.18. The molecule has 0 bridgehead atoms. The first-order chi connectivity index (χ1) is 15.7. The molecule has 6 nitrogen and oxygen atoms in total. The number of unbranched alkanes of at least 4 members (excludes halogenated alkanes) is 1. The molecule has 1 aromatic carbocycles. The Bertz CT molecular complexity index is 791. The van der Waals surface area contributed by atoms with Gasteiger partial charge < -0.3 is 24.2 Å². The number of halogens is 1. The number of carbonyl (C=O) groups is 1. The molecule has 1 saturated carbocycles. The fourth-order valence-electron chi connectivity index (χ4n) is 4.57. The average molecular weight is 466 g/mol. The second-order valence-corrected chi connectivity index (χ2v) is 10.4. The minimum Gasteiger partial charge on any atom is -0.490 e. The summed E-state index contributed by atoms with van der Waals surface area (Å²) in [6.45, 7) is 7.00. The third kappa shape index (κ3) is 6.82. The number of ether oxygens (including phenoxy) is 3. The van der Waals surface area contributed by atoms with Crippen molar-refractivity contribution in [2.24, 2.45) is 5.92 Å². The summed E-state index contributed by atoms with van der Waals surface area (Å²) >= 11 is 0. The SMILES string of the molecule is COCCCC[C@](O)(c1cccc(F)c1OCC1CC1)[C@H]1CCCCN1C(=O)OC(C)(C)C. The number of para-hydroxylation sites is 1. The summed E-state index contributed by atoms with van der Waals surface area (Å²) in [5, 5.41) is 12.3. The number of methoxy groups -OCH3 is 1. The van der Waals surface area contributed by atoms with Crippen molar-refractivity contribution >= 4 is 6.09 Å². The van der Waals surface area contributed by atoms with Crippen LogP contribution < -0.4 is 4.74 Å². The Morgan fingerprint density at radius 1 is 1.18 bits per heavy atom. The monoisotopic (exact) mass is 465 g/mol. The second-order valence-electron chi connectivity index (χ2n) is 10.4. The van der Waals surface area contributed by atoms with Crippen LogP contribution in [0.1, 0.15) is 77.7 Å². The first kappa shape index (κ1) is 25.8. The van der Waals surface area contributed by atoms with E-state index in [1.54, 1.807) is 24.1 Å². The summed E-state index contributed by atoms with van der Waals surface area (Å²) in [5.74, 6) is 0.0663. The highest BCUT2D eigenvalue weighted by molar-refractivity contribution is 5.69. The van der Waals surface area contributed by atoms with Gasteiger partial charge in [0.05, 0.1) is 12.6 Å². The van der Waals surface area contributed by atoms with Crippen molar-refractivity contribution in [1.82, 2.24) is 4.90 Å². The van der Waals surface area contributed by atoms with Gasteiger partial charge in [-0.3, -0.25) is 0 Å². The molecule has 186 valence electrons. The van der Waals surface area contributed by atoms with Crippen LogP contribution in [0.25, 0.3) is 0 Å². The zero-order valence-corrected chi connectivity index (χ0v) is 20.6. The number of rotatable bonds is 10. The average Bonchev–Trinajstić information content (AvgIpc) is 3.59. The molecule has 2 fully saturated rings. The van der Waals surface area contributed by atoms with E-state index in [0.717, 1.165) is 32.1 Å². The molecule has 1 aromatic rings. The van der Waals surface area contributed by atoms with Gasteiger partial charge in [0.15, 0.2) is 11.6 Å². The van der Waals surface area contributed by atoms with Crippen molar-refractivity contribution in [2.45, 2.75) is 89.4 Å². The first-order valence-electron chi connectivity index (χ1n) is 12.3. The Balaban J connectivity index is 1.97. The van der Waals surface area contributed by atoms with E-state index in [1.807, 2.05) is 20.8 Å². The van der Waals surface area contributed by atoms with Gasteiger partial charge in [0, 0.05) is 25.8 Å². The number of piperidine rings is 1. The Kier molecular flexibility index (Phi) is 8.62. The largest absolute Gasteiger partial charge is 0.490 e. The second kappa shape index (κ2) is 11.0. The molecule has 0 unspecified atom stereocenters. The van der Waals surface area contributed by atoms with Gasteiger partial charge in [-0.1, -0.05) is 12.1 Å². The van der Waals surface area contributed by atoms with Crippen LogP contribution in [-0.4, -0.2) is 54.6 Å². The van der Waals surface area contributed by atoms with Crippen LogP contribution >= 0.6 is 0 Å². The molecule has 1 aliphatic carbocycles. The van der Waals surface area contributed by atoms with Crippen molar-refractivity contribution in [1.29, 1.82) is 0 Å². The van der Waals surface area contributed by atoms with E-state index in [0.29, 0.717) is 50.5 Å². The van der Waals surface area contributed by atoms with Crippen LogP contribution in [0.3, 0.4) is 0 Å². The standard InChI is InChI=1S/C26H40FNO5/c1-25(2,3)33-24(29)28-16-7-5-12-22(28)26(30,15-6-8-17-31-4)20-10-9-11-21(27)23(20)32-18-19-13-14-19/h9-11,19,22,30H,5-8,12-18H2,1-4H3/t22-,26+/m1/s1. The Morgan fingerprint density at radius 2 is 1.94 bits per heavy atom. The van der Waals surface area contributed by atoms with Crippen LogP contribution in [0.4, 0.5) is 9.18 Å². The zero-order chi connectivity index (χ0) is 24.1. The molecule has 0 spiro atoms. The smallest absolute Gasteiger partial charge is 0.410 e. The minimum atomic E-state index is -1.47. The molecular formula is C26H40FNO5. The number of nitrogens with zero attached hydrogens (tertiary/aromatic N) is 1. The topological polar surface area (TPSA) is 68.2 Å².